The van der Waals surface area contributed by atoms with Crippen molar-refractivity contribution >= 4 is 27.6 Å². The molecule has 0 saturated carbocycles. The Bertz CT molecular complexity index is 412. The van der Waals surface area contributed by atoms with Crippen molar-refractivity contribution in [2.75, 3.05) is 14.1 Å². The summed E-state index contributed by atoms with van der Waals surface area (Å²) in [7, 11) is 3.35. The van der Waals surface area contributed by atoms with Crippen molar-refractivity contribution in [2.24, 2.45) is 0 Å². The van der Waals surface area contributed by atoms with E-state index in [4.69, 9.17) is 0 Å². The summed E-state index contributed by atoms with van der Waals surface area (Å²) in [6, 6.07) is 7.36. The van der Waals surface area contributed by atoms with Gasteiger partial charge in [0.2, 0.25) is 5.91 Å². The minimum absolute atomic E-state index is 0.0259. The van der Waals surface area contributed by atoms with Crippen molar-refractivity contribution in [3.63, 3.8) is 0 Å². The zero-order chi connectivity index (χ0) is 13.0. The van der Waals surface area contributed by atoms with E-state index in [1.54, 1.807) is 26.2 Å². The number of rotatable bonds is 4. The van der Waals surface area contributed by atoms with E-state index in [0.717, 1.165) is 5.56 Å². The van der Waals surface area contributed by atoms with Gasteiger partial charge in [0.05, 0.1) is 0 Å². The van der Waals surface area contributed by atoms with E-state index in [1.807, 2.05) is 19.1 Å². The lowest BCUT2D eigenvalue weighted by Crippen LogP contribution is -2.31. The van der Waals surface area contributed by atoms with Crippen molar-refractivity contribution in [1.82, 2.24) is 4.90 Å². The average molecular weight is 298 g/mol. The van der Waals surface area contributed by atoms with Crippen LogP contribution in [0.1, 0.15) is 22.3 Å². The highest BCUT2D eigenvalue weighted by molar-refractivity contribution is 9.10. The molecule has 17 heavy (non-hydrogen) atoms. The van der Waals surface area contributed by atoms with E-state index in [9.17, 15) is 9.59 Å². The van der Waals surface area contributed by atoms with Crippen LogP contribution in [0.2, 0.25) is 0 Å². The molecule has 0 aliphatic heterocycles. The fourth-order valence-corrected chi connectivity index (χ4v) is 2.09. The molecule has 0 bridgehead atoms. The van der Waals surface area contributed by atoms with Gasteiger partial charge in [0, 0.05) is 26.1 Å². The molecule has 0 aliphatic carbocycles. The van der Waals surface area contributed by atoms with E-state index < -0.39 is 4.83 Å². The maximum atomic E-state index is 11.9. The van der Waals surface area contributed by atoms with Gasteiger partial charge in [-0.3, -0.25) is 9.59 Å². The molecule has 4 heteroatoms. The van der Waals surface area contributed by atoms with Gasteiger partial charge in [0.15, 0.2) is 5.78 Å². The normalized spacial score (nSPS) is 12.0. The van der Waals surface area contributed by atoms with Crippen LogP contribution in [0.4, 0.5) is 0 Å². The number of alkyl halides is 1. The molecule has 0 radical (unpaired) electrons. The molecule has 0 heterocycles. The first-order chi connectivity index (χ1) is 7.91. The van der Waals surface area contributed by atoms with Gasteiger partial charge in [0.1, 0.15) is 4.83 Å². The summed E-state index contributed by atoms with van der Waals surface area (Å²) < 4.78 is 0. The van der Waals surface area contributed by atoms with Crippen LogP contribution in [0.25, 0.3) is 0 Å². The Morgan fingerprint density at radius 2 is 1.76 bits per heavy atom. The third kappa shape index (κ3) is 3.97. The molecule has 1 aromatic rings. The number of hydrogen-bond donors (Lipinski definition) is 0. The summed E-state index contributed by atoms with van der Waals surface area (Å²) in [5, 5.41) is 0. The highest BCUT2D eigenvalue weighted by atomic mass is 79.9. The summed E-state index contributed by atoms with van der Waals surface area (Å²) in [4.78, 5) is 24.5. The van der Waals surface area contributed by atoms with Crippen molar-refractivity contribution in [3.05, 3.63) is 35.4 Å². The van der Waals surface area contributed by atoms with Crippen molar-refractivity contribution in [3.8, 4) is 0 Å². The number of Topliss-reactive ketones (excluding diaryl/α,β-unsaturated/α-hetero) is 1. The number of amides is 1. The molecule has 0 aromatic heterocycles. The molecule has 92 valence electrons. The smallest absolute Gasteiger partial charge is 0.236 e. The van der Waals surface area contributed by atoms with E-state index in [2.05, 4.69) is 15.9 Å². The largest absolute Gasteiger partial charge is 0.348 e. The second kappa shape index (κ2) is 5.96. The topological polar surface area (TPSA) is 37.4 Å². The highest BCUT2D eigenvalue weighted by Crippen LogP contribution is 2.13. The number of halogens is 1. The van der Waals surface area contributed by atoms with Crippen LogP contribution in [0.3, 0.4) is 0 Å². The number of hydrogen-bond acceptors (Lipinski definition) is 2. The second-order valence-electron chi connectivity index (χ2n) is 4.19. The van der Waals surface area contributed by atoms with E-state index >= 15 is 0 Å². The summed E-state index contributed by atoms with van der Waals surface area (Å²) >= 11 is 3.24. The SMILES string of the molecule is Cc1ccc(C(=O)CC(Br)C(=O)N(C)C)cc1. The van der Waals surface area contributed by atoms with Gasteiger partial charge in [-0.15, -0.1) is 0 Å². The third-order valence-electron chi connectivity index (χ3n) is 2.45. The van der Waals surface area contributed by atoms with Crippen molar-refractivity contribution in [2.45, 2.75) is 18.2 Å². The number of ketones is 1. The van der Waals surface area contributed by atoms with Crippen LogP contribution >= 0.6 is 15.9 Å². The summed E-state index contributed by atoms with van der Waals surface area (Å²) in [6.07, 6.45) is 0.181. The molecule has 1 atom stereocenters. The Balaban J connectivity index is 2.66. The third-order valence-corrected chi connectivity index (χ3v) is 3.16. The number of aryl methyl sites for hydroxylation is 1. The zero-order valence-electron chi connectivity index (χ0n) is 10.2. The predicted octanol–water partition coefficient (Wildman–Crippen LogP) is 2.42. The molecule has 1 rings (SSSR count). The Morgan fingerprint density at radius 1 is 1.24 bits per heavy atom. The summed E-state index contributed by atoms with van der Waals surface area (Å²) in [5.74, 6) is -0.118. The minimum atomic E-state index is -0.452. The molecule has 0 spiro atoms. The van der Waals surface area contributed by atoms with Crippen LogP contribution in [0, 0.1) is 6.92 Å². The zero-order valence-corrected chi connectivity index (χ0v) is 11.8. The maximum Gasteiger partial charge on any atom is 0.236 e. The van der Waals surface area contributed by atoms with Gasteiger partial charge in [0.25, 0.3) is 0 Å². The Labute approximate surface area is 110 Å². The van der Waals surface area contributed by atoms with Gasteiger partial charge < -0.3 is 4.90 Å². The first-order valence-corrected chi connectivity index (χ1v) is 6.28. The monoisotopic (exact) mass is 297 g/mol. The maximum absolute atomic E-state index is 11.9. The molecular weight excluding hydrogens is 282 g/mol. The summed E-state index contributed by atoms with van der Waals surface area (Å²) in [6.45, 7) is 1.97. The molecule has 0 aliphatic rings. The van der Waals surface area contributed by atoms with Gasteiger partial charge in [-0.1, -0.05) is 45.8 Å². The second-order valence-corrected chi connectivity index (χ2v) is 5.30. The van der Waals surface area contributed by atoms with E-state index in [1.165, 1.54) is 4.90 Å². The van der Waals surface area contributed by atoms with Crippen LogP contribution in [-0.4, -0.2) is 35.5 Å². The lowest BCUT2D eigenvalue weighted by Gasteiger charge is -2.14. The lowest BCUT2D eigenvalue weighted by molar-refractivity contribution is -0.127. The van der Waals surface area contributed by atoms with Gasteiger partial charge in [-0.05, 0) is 6.92 Å². The molecule has 0 saturated heterocycles. The van der Waals surface area contributed by atoms with Gasteiger partial charge >= 0.3 is 0 Å². The van der Waals surface area contributed by atoms with Crippen LogP contribution < -0.4 is 0 Å². The Kier molecular flexibility index (Phi) is 4.87. The average Bonchev–Trinajstić information content (AvgIpc) is 2.28. The van der Waals surface area contributed by atoms with E-state index in [0.29, 0.717) is 5.56 Å². The standard InChI is InChI=1S/C13H16BrNO2/c1-9-4-6-10(7-5-9)12(16)8-11(14)13(17)15(2)3/h4-7,11H,8H2,1-3H3. The molecular formula is C13H16BrNO2. The molecule has 0 N–H and O–H groups in total. The molecule has 0 fully saturated rings. The molecule has 3 nitrogen and oxygen atoms in total. The Hall–Kier alpha value is -1.16. The number of nitrogens with zero attached hydrogens (tertiary/aromatic N) is 1. The van der Waals surface area contributed by atoms with Crippen molar-refractivity contribution < 1.29 is 9.59 Å². The fraction of sp³-hybridized carbons (Fsp3) is 0.385. The molecule has 1 amide bonds. The van der Waals surface area contributed by atoms with Gasteiger partial charge in [-0.2, -0.15) is 0 Å². The predicted molar refractivity (Wildman–Crippen MR) is 71.5 cm³/mol. The first-order valence-electron chi connectivity index (χ1n) is 5.37. The van der Waals surface area contributed by atoms with Crippen LogP contribution in [0.5, 0.6) is 0 Å². The lowest BCUT2D eigenvalue weighted by atomic mass is 10.0. The Morgan fingerprint density at radius 3 is 2.24 bits per heavy atom. The number of carbonyl (C=O) groups excluding carboxylic acids is 2. The van der Waals surface area contributed by atoms with Crippen LogP contribution in [0.15, 0.2) is 24.3 Å². The fourth-order valence-electron chi connectivity index (χ4n) is 1.39. The van der Waals surface area contributed by atoms with Crippen LogP contribution in [-0.2, 0) is 4.79 Å². The minimum Gasteiger partial charge on any atom is -0.348 e. The number of carbonyl (C=O) groups is 2. The molecule has 1 unspecified atom stereocenters. The quantitative estimate of drug-likeness (QED) is 0.632. The van der Waals surface area contributed by atoms with Crippen molar-refractivity contribution in [1.29, 1.82) is 0 Å². The molecule has 1 aromatic carbocycles. The first kappa shape index (κ1) is 13.9. The highest BCUT2D eigenvalue weighted by Gasteiger charge is 2.20. The van der Waals surface area contributed by atoms with E-state index in [-0.39, 0.29) is 18.1 Å². The number of benzene rings is 1. The van der Waals surface area contributed by atoms with Gasteiger partial charge in [-0.25, -0.2) is 0 Å². The summed E-state index contributed by atoms with van der Waals surface area (Å²) in [5.41, 5.74) is 1.76.